The van der Waals surface area contributed by atoms with Gasteiger partial charge >= 0.3 is 0 Å². The molecule has 0 bridgehead atoms. The molecule has 1 aromatic rings. The van der Waals surface area contributed by atoms with E-state index < -0.39 is 0 Å². The number of rotatable bonds is 2. The van der Waals surface area contributed by atoms with Gasteiger partial charge in [-0.3, -0.25) is 0 Å². The average Bonchev–Trinajstić information content (AvgIpc) is 2.59. The van der Waals surface area contributed by atoms with E-state index in [4.69, 9.17) is 0 Å². The Hall–Kier alpha value is -1.05. The first-order valence-electron chi connectivity index (χ1n) is 5.25. The monoisotopic (exact) mass is 193 g/mol. The lowest BCUT2D eigenvalue weighted by atomic mass is 9.87. The number of hydrogen-bond acceptors (Lipinski definition) is 1. The molecule has 1 N–H and O–H groups in total. The van der Waals surface area contributed by atoms with E-state index in [2.05, 4.69) is 19.2 Å². The third-order valence-corrected chi connectivity index (χ3v) is 3.26. The molecule has 0 amide bonds. The van der Waals surface area contributed by atoms with Gasteiger partial charge in [-0.2, -0.15) is 0 Å². The summed E-state index contributed by atoms with van der Waals surface area (Å²) in [6.45, 7) is 5.36. The molecule has 2 heteroatoms. The number of fused-ring (bicyclic) bond motifs is 1. The number of hydrogen-bond donors (Lipinski definition) is 1. The molecule has 1 aliphatic heterocycles. The Morgan fingerprint density at radius 1 is 1.57 bits per heavy atom. The Kier molecular flexibility index (Phi) is 2.44. The lowest BCUT2D eigenvalue weighted by Gasteiger charge is -2.17. The van der Waals surface area contributed by atoms with E-state index in [1.54, 1.807) is 6.07 Å². The molecule has 0 fully saturated rings. The van der Waals surface area contributed by atoms with Crippen LogP contribution in [0, 0.1) is 11.7 Å². The van der Waals surface area contributed by atoms with Gasteiger partial charge in [-0.15, -0.1) is 0 Å². The van der Waals surface area contributed by atoms with Crippen LogP contribution in [0.2, 0.25) is 0 Å². The topological polar surface area (TPSA) is 12.0 Å². The van der Waals surface area contributed by atoms with Crippen LogP contribution in [0.1, 0.15) is 31.7 Å². The highest BCUT2D eigenvalue weighted by Crippen LogP contribution is 2.37. The molecule has 1 aromatic carbocycles. The molecule has 0 saturated carbocycles. The van der Waals surface area contributed by atoms with Crippen LogP contribution < -0.4 is 5.32 Å². The predicted octanol–water partition coefficient (Wildman–Crippen LogP) is 3.38. The summed E-state index contributed by atoms with van der Waals surface area (Å²) in [5.74, 6) is 0.969. The van der Waals surface area contributed by atoms with Crippen LogP contribution in [0.3, 0.4) is 0 Å². The number of anilines is 1. The van der Waals surface area contributed by atoms with E-state index in [0.717, 1.165) is 24.2 Å². The fourth-order valence-corrected chi connectivity index (χ4v) is 2.12. The zero-order valence-corrected chi connectivity index (χ0v) is 8.68. The van der Waals surface area contributed by atoms with E-state index in [1.807, 2.05) is 6.07 Å². The van der Waals surface area contributed by atoms with Gasteiger partial charge in [0.2, 0.25) is 0 Å². The summed E-state index contributed by atoms with van der Waals surface area (Å²) in [6.07, 6.45) is 1.14. The van der Waals surface area contributed by atoms with Gasteiger partial charge in [-0.1, -0.05) is 20.3 Å². The maximum atomic E-state index is 13.1. The van der Waals surface area contributed by atoms with E-state index in [1.165, 1.54) is 6.07 Å². The quantitative estimate of drug-likeness (QED) is 0.759. The largest absolute Gasteiger partial charge is 0.384 e. The third-order valence-electron chi connectivity index (χ3n) is 3.26. The Morgan fingerprint density at radius 2 is 2.36 bits per heavy atom. The summed E-state index contributed by atoms with van der Waals surface area (Å²) in [6, 6.07) is 5.03. The summed E-state index contributed by atoms with van der Waals surface area (Å²) >= 11 is 0. The van der Waals surface area contributed by atoms with Crippen LogP contribution >= 0.6 is 0 Å². The van der Waals surface area contributed by atoms with Gasteiger partial charge < -0.3 is 5.32 Å². The summed E-state index contributed by atoms with van der Waals surface area (Å²) in [5, 5.41) is 3.33. The molecule has 76 valence electrons. The standard InChI is InChI=1S/C12H16FN/c1-3-8(2)11-7-14-12-5-4-9(13)6-10(11)12/h4-6,8,11,14H,3,7H2,1-2H3. The normalized spacial score (nSPS) is 21.5. The summed E-state index contributed by atoms with van der Waals surface area (Å²) < 4.78 is 13.1. The van der Waals surface area contributed by atoms with E-state index in [-0.39, 0.29) is 5.82 Å². The first kappa shape index (κ1) is 9.50. The predicted molar refractivity (Wildman–Crippen MR) is 57.1 cm³/mol. The second-order valence-electron chi connectivity index (χ2n) is 4.10. The lowest BCUT2D eigenvalue weighted by molar-refractivity contribution is 0.470. The van der Waals surface area contributed by atoms with Crippen molar-refractivity contribution in [2.45, 2.75) is 26.2 Å². The number of nitrogens with one attached hydrogen (secondary N) is 1. The summed E-state index contributed by atoms with van der Waals surface area (Å²) in [5.41, 5.74) is 2.26. The van der Waals surface area contributed by atoms with Crippen molar-refractivity contribution >= 4 is 5.69 Å². The van der Waals surface area contributed by atoms with Crippen LogP contribution in [-0.4, -0.2) is 6.54 Å². The van der Waals surface area contributed by atoms with Crippen LogP contribution in [0.4, 0.5) is 10.1 Å². The summed E-state index contributed by atoms with van der Waals surface area (Å²) in [4.78, 5) is 0. The van der Waals surface area contributed by atoms with Crippen molar-refractivity contribution in [3.63, 3.8) is 0 Å². The zero-order chi connectivity index (χ0) is 10.1. The molecule has 0 aliphatic carbocycles. The molecule has 1 aliphatic rings. The molecule has 2 rings (SSSR count). The lowest BCUT2D eigenvalue weighted by Crippen LogP contribution is -2.11. The number of benzene rings is 1. The van der Waals surface area contributed by atoms with Gasteiger partial charge in [0.25, 0.3) is 0 Å². The van der Waals surface area contributed by atoms with Crippen molar-refractivity contribution in [2.24, 2.45) is 5.92 Å². The number of halogens is 1. The molecule has 1 nitrogen and oxygen atoms in total. The van der Waals surface area contributed by atoms with Gasteiger partial charge in [-0.05, 0) is 29.7 Å². The minimum atomic E-state index is -0.124. The Labute approximate surface area is 84.3 Å². The molecule has 2 atom stereocenters. The van der Waals surface area contributed by atoms with Gasteiger partial charge in [0.05, 0.1) is 0 Å². The van der Waals surface area contributed by atoms with Crippen molar-refractivity contribution in [1.82, 2.24) is 0 Å². The molecule has 1 heterocycles. The second-order valence-corrected chi connectivity index (χ2v) is 4.10. The Morgan fingerprint density at radius 3 is 3.07 bits per heavy atom. The highest BCUT2D eigenvalue weighted by molar-refractivity contribution is 5.57. The van der Waals surface area contributed by atoms with Crippen molar-refractivity contribution < 1.29 is 4.39 Å². The van der Waals surface area contributed by atoms with Crippen LogP contribution in [0.15, 0.2) is 18.2 Å². The van der Waals surface area contributed by atoms with E-state index in [0.29, 0.717) is 11.8 Å². The van der Waals surface area contributed by atoms with Crippen LogP contribution in [-0.2, 0) is 0 Å². The van der Waals surface area contributed by atoms with E-state index >= 15 is 0 Å². The minimum Gasteiger partial charge on any atom is -0.384 e. The van der Waals surface area contributed by atoms with Gasteiger partial charge in [0, 0.05) is 18.2 Å². The molecule has 2 unspecified atom stereocenters. The fraction of sp³-hybridized carbons (Fsp3) is 0.500. The zero-order valence-electron chi connectivity index (χ0n) is 8.68. The second kappa shape index (κ2) is 3.60. The van der Waals surface area contributed by atoms with Crippen molar-refractivity contribution in [2.75, 3.05) is 11.9 Å². The van der Waals surface area contributed by atoms with Gasteiger partial charge in [-0.25, -0.2) is 4.39 Å². The third kappa shape index (κ3) is 1.49. The molecule has 0 radical (unpaired) electrons. The smallest absolute Gasteiger partial charge is 0.123 e. The van der Waals surface area contributed by atoms with Crippen LogP contribution in [0.5, 0.6) is 0 Å². The molecule has 0 aromatic heterocycles. The van der Waals surface area contributed by atoms with Crippen LogP contribution in [0.25, 0.3) is 0 Å². The fourth-order valence-electron chi connectivity index (χ4n) is 2.12. The first-order chi connectivity index (χ1) is 6.72. The molecule has 0 spiro atoms. The minimum absolute atomic E-state index is 0.124. The SMILES string of the molecule is CCC(C)C1CNc2ccc(F)cc21. The molecule has 14 heavy (non-hydrogen) atoms. The maximum Gasteiger partial charge on any atom is 0.123 e. The van der Waals surface area contributed by atoms with E-state index in [9.17, 15) is 4.39 Å². The molecular formula is C12H16FN. The highest BCUT2D eigenvalue weighted by Gasteiger charge is 2.26. The van der Waals surface area contributed by atoms with Crippen molar-refractivity contribution in [3.05, 3.63) is 29.6 Å². The van der Waals surface area contributed by atoms with Gasteiger partial charge in [0.1, 0.15) is 5.82 Å². The Balaban J connectivity index is 2.33. The summed E-state index contributed by atoms with van der Waals surface area (Å²) in [7, 11) is 0. The van der Waals surface area contributed by atoms with Gasteiger partial charge in [0.15, 0.2) is 0 Å². The maximum absolute atomic E-state index is 13.1. The van der Waals surface area contributed by atoms with Crippen molar-refractivity contribution in [3.8, 4) is 0 Å². The Bertz CT molecular complexity index is 335. The molecule has 0 saturated heterocycles. The average molecular weight is 193 g/mol. The molecular weight excluding hydrogens is 177 g/mol. The van der Waals surface area contributed by atoms with Crippen molar-refractivity contribution in [1.29, 1.82) is 0 Å². The highest BCUT2D eigenvalue weighted by atomic mass is 19.1. The first-order valence-corrected chi connectivity index (χ1v) is 5.25.